The van der Waals surface area contributed by atoms with Crippen LogP contribution in [0.15, 0.2) is 48.5 Å². The highest BCUT2D eigenvalue weighted by molar-refractivity contribution is 5.37. The Morgan fingerprint density at radius 2 is 1.62 bits per heavy atom. The Balaban J connectivity index is 1.91. The predicted octanol–water partition coefficient (Wildman–Crippen LogP) is 2.87. The van der Waals surface area contributed by atoms with Crippen molar-refractivity contribution in [3.8, 4) is 23.7 Å². The molecule has 2 rings (SSSR count). The first-order valence-electron chi connectivity index (χ1n) is 6.63. The number of hydrogen-bond donors (Lipinski definition) is 1. The first-order chi connectivity index (χ1) is 10.3. The van der Waals surface area contributed by atoms with Crippen LogP contribution in [0.5, 0.6) is 5.75 Å². The number of aliphatic hydroxyl groups excluding tert-OH is 1. The van der Waals surface area contributed by atoms with E-state index in [1.807, 2.05) is 24.3 Å². The fraction of sp³-hybridized carbons (Fsp3) is 0.167. The van der Waals surface area contributed by atoms with Gasteiger partial charge in [-0.2, -0.15) is 5.26 Å². The van der Waals surface area contributed by atoms with Crippen LogP contribution in [0, 0.1) is 23.2 Å². The van der Waals surface area contributed by atoms with Gasteiger partial charge in [-0.05, 0) is 42.0 Å². The van der Waals surface area contributed by atoms with E-state index in [0.29, 0.717) is 18.6 Å². The van der Waals surface area contributed by atoms with Crippen LogP contribution in [0.1, 0.15) is 23.1 Å². The van der Waals surface area contributed by atoms with E-state index >= 15 is 0 Å². The van der Waals surface area contributed by atoms with E-state index in [1.165, 1.54) is 0 Å². The monoisotopic (exact) mass is 277 g/mol. The topological polar surface area (TPSA) is 53.2 Å². The van der Waals surface area contributed by atoms with Crippen LogP contribution >= 0.6 is 0 Å². The molecule has 0 atom stereocenters. The van der Waals surface area contributed by atoms with Crippen molar-refractivity contribution < 1.29 is 9.84 Å². The number of nitriles is 1. The van der Waals surface area contributed by atoms with Gasteiger partial charge in [0.25, 0.3) is 0 Å². The highest BCUT2D eigenvalue weighted by Crippen LogP contribution is 2.14. The summed E-state index contributed by atoms with van der Waals surface area (Å²) in [6, 6.07) is 16.9. The summed E-state index contributed by atoms with van der Waals surface area (Å²) in [5.41, 5.74) is 2.59. The lowest BCUT2D eigenvalue weighted by molar-refractivity contribution is 0.305. The van der Waals surface area contributed by atoms with Crippen LogP contribution in [-0.4, -0.2) is 11.7 Å². The quantitative estimate of drug-likeness (QED) is 0.874. The molecule has 0 radical (unpaired) electrons. The zero-order valence-corrected chi connectivity index (χ0v) is 11.5. The summed E-state index contributed by atoms with van der Waals surface area (Å²) in [6.45, 7) is 0.555. The molecule has 104 valence electrons. The van der Waals surface area contributed by atoms with Crippen LogP contribution in [0.2, 0.25) is 0 Å². The van der Waals surface area contributed by atoms with Gasteiger partial charge in [0.2, 0.25) is 0 Å². The minimum Gasteiger partial charge on any atom is -0.489 e. The molecule has 0 fully saturated rings. The van der Waals surface area contributed by atoms with Crippen LogP contribution < -0.4 is 4.74 Å². The highest BCUT2D eigenvalue weighted by atomic mass is 16.5. The lowest BCUT2D eigenvalue weighted by Gasteiger charge is -2.06. The number of aliphatic hydroxyl groups is 1. The van der Waals surface area contributed by atoms with Crippen LogP contribution in [0.4, 0.5) is 0 Å². The molecule has 0 saturated heterocycles. The summed E-state index contributed by atoms with van der Waals surface area (Å²) in [7, 11) is 0. The van der Waals surface area contributed by atoms with Gasteiger partial charge in [0, 0.05) is 12.0 Å². The Hall–Kier alpha value is -2.75. The molecule has 0 aliphatic rings. The molecular weight excluding hydrogens is 262 g/mol. The van der Waals surface area contributed by atoms with Crippen molar-refractivity contribution in [2.75, 3.05) is 6.61 Å². The molecule has 3 nitrogen and oxygen atoms in total. The van der Waals surface area contributed by atoms with Gasteiger partial charge in [0.15, 0.2) is 0 Å². The summed E-state index contributed by atoms with van der Waals surface area (Å²) in [6.07, 6.45) is 0.490. The zero-order valence-electron chi connectivity index (χ0n) is 11.5. The van der Waals surface area contributed by atoms with Crippen LogP contribution in [-0.2, 0) is 6.61 Å². The van der Waals surface area contributed by atoms with Gasteiger partial charge in [0.05, 0.1) is 18.2 Å². The van der Waals surface area contributed by atoms with Gasteiger partial charge in [-0.3, -0.25) is 0 Å². The van der Waals surface area contributed by atoms with E-state index < -0.39 is 0 Å². The fourth-order valence-electron chi connectivity index (χ4n) is 1.70. The van der Waals surface area contributed by atoms with Gasteiger partial charge in [-0.25, -0.2) is 0 Å². The molecule has 0 aliphatic heterocycles. The molecule has 0 unspecified atom stereocenters. The van der Waals surface area contributed by atoms with Crippen molar-refractivity contribution >= 4 is 0 Å². The third-order valence-corrected chi connectivity index (χ3v) is 2.81. The summed E-state index contributed by atoms with van der Waals surface area (Å²) in [5, 5.41) is 17.4. The average Bonchev–Trinajstić information content (AvgIpc) is 2.55. The Morgan fingerprint density at radius 1 is 0.952 bits per heavy atom. The second kappa shape index (κ2) is 7.75. The molecule has 0 aliphatic carbocycles. The third-order valence-electron chi connectivity index (χ3n) is 2.81. The Labute approximate surface area is 124 Å². The Kier molecular flexibility index (Phi) is 5.41. The summed E-state index contributed by atoms with van der Waals surface area (Å²) in [5.74, 6) is 6.60. The number of benzene rings is 2. The van der Waals surface area contributed by atoms with Crippen LogP contribution in [0.25, 0.3) is 0 Å². The largest absolute Gasteiger partial charge is 0.489 e. The SMILES string of the molecule is N#Cc1ccc(OCc2ccc(C#CCCO)cc2)cc1. The van der Waals surface area contributed by atoms with Gasteiger partial charge < -0.3 is 9.84 Å². The maximum Gasteiger partial charge on any atom is 0.119 e. The van der Waals surface area contributed by atoms with Gasteiger partial charge in [0.1, 0.15) is 12.4 Å². The molecule has 21 heavy (non-hydrogen) atoms. The van der Waals surface area contributed by atoms with E-state index in [1.54, 1.807) is 24.3 Å². The average molecular weight is 277 g/mol. The van der Waals surface area contributed by atoms with Crippen molar-refractivity contribution in [1.82, 2.24) is 0 Å². The minimum absolute atomic E-state index is 0.0868. The maximum atomic E-state index is 8.72. The lowest BCUT2D eigenvalue weighted by Crippen LogP contribution is -1.95. The van der Waals surface area contributed by atoms with Crippen molar-refractivity contribution in [3.63, 3.8) is 0 Å². The Morgan fingerprint density at radius 3 is 2.24 bits per heavy atom. The molecule has 0 saturated carbocycles. The second-order valence-electron chi connectivity index (χ2n) is 4.40. The number of rotatable bonds is 4. The third kappa shape index (κ3) is 4.69. The van der Waals surface area contributed by atoms with Crippen LogP contribution in [0.3, 0.4) is 0 Å². The van der Waals surface area contributed by atoms with Crippen molar-refractivity contribution in [2.24, 2.45) is 0 Å². The maximum absolute atomic E-state index is 8.72. The molecule has 3 heteroatoms. The molecule has 2 aromatic rings. The summed E-state index contributed by atoms with van der Waals surface area (Å²) in [4.78, 5) is 0. The Bertz CT molecular complexity index is 670. The first kappa shape index (κ1) is 14.7. The molecular formula is C18H15NO2. The van der Waals surface area contributed by atoms with E-state index in [-0.39, 0.29) is 6.61 Å². The van der Waals surface area contributed by atoms with E-state index in [2.05, 4.69) is 17.9 Å². The fourth-order valence-corrected chi connectivity index (χ4v) is 1.70. The number of ether oxygens (including phenoxy) is 1. The van der Waals surface area contributed by atoms with E-state index in [4.69, 9.17) is 15.1 Å². The molecule has 0 bridgehead atoms. The highest BCUT2D eigenvalue weighted by Gasteiger charge is 1.97. The predicted molar refractivity (Wildman–Crippen MR) is 80.5 cm³/mol. The van der Waals surface area contributed by atoms with Crippen molar-refractivity contribution in [3.05, 3.63) is 65.2 Å². The second-order valence-corrected chi connectivity index (χ2v) is 4.40. The van der Waals surface area contributed by atoms with E-state index in [9.17, 15) is 0 Å². The normalized spacial score (nSPS) is 9.33. The van der Waals surface area contributed by atoms with Gasteiger partial charge in [-0.1, -0.05) is 24.0 Å². The first-order valence-corrected chi connectivity index (χ1v) is 6.63. The van der Waals surface area contributed by atoms with Gasteiger partial charge >= 0.3 is 0 Å². The molecule has 0 spiro atoms. The lowest BCUT2D eigenvalue weighted by atomic mass is 10.1. The summed E-state index contributed by atoms with van der Waals surface area (Å²) >= 11 is 0. The van der Waals surface area contributed by atoms with Gasteiger partial charge in [-0.15, -0.1) is 0 Å². The smallest absolute Gasteiger partial charge is 0.119 e. The molecule has 0 amide bonds. The number of nitrogens with zero attached hydrogens (tertiary/aromatic N) is 1. The molecule has 1 N–H and O–H groups in total. The summed E-state index contributed by atoms with van der Waals surface area (Å²) < 4.78 is 5.65. The molecule has 2 aromatic carbocycles. The standard InChI is InChI=1S/C18H15NO2/c19-13-16-8-10-18(11-9-16)21-14-17-6-4-15(5-7-17)3-1-2-12-20/h4-11,20H,2,12,14H2. The van der Waals surface area contributed by atoms with E-state index in [0.717, 1.165) is 16.9 Å². The minimum atomic E-state index is 0.0868. The zero-order chi connectivity index (χ0) is 14.9. The molecule has 0 heterocycles. The number of hydrogen-bond acceptors (Lipinski definition) is 3. The van der Waals surface area contributed by atoms with Crippen molar-refractivity contribution in [1.29, 1.82) is 5.26 Å². The van der Waals surface area contributed by atoms with Crippen molar-refractivity contribution in [2.45, 2.75) is 13.0 Å². The molecule has 0 aromatic heterocycles.